The molecule has 0 N–H and O–H groups in total. The zero-order valence-corrected chi connectivity index (χ0v) is 11.5. The molecule has 0 fully saturated rings. The second-order valence-corrected chi connectivity index (χ2v) is 2.79. The number of hydrogen-bond donors (Lipinski definition) is 0. The number of rotatable bonds is 1. The van der Waals surface area contributed by atoms with E-state index in [-0.39, 0.29) is 5.97 Å². The van der Waals surface area contributed by atoms with Crippen molar-refractivity contribution < 1.29 is 9.53 Å². The Balaban J connectivity index is 0. The quantitative estimate of drug-likeness (QED) is 0.670. The number of ether oxygens (including phenoxy) is 1. The van der Waals surface area contributed by atoms with Gasteiger partial charge in [-0.05, 0) is 37.1 Å². The van der Waals surface area contributed by atoms with Crippen LogP contribution in [0.25, 0.3) is 0 Å². The van der Waals surface area contributed by atoms with E-state index in [1.165, 1.54) is 12.7 Å². The number of esters is 1. The first kappa shape index (κ1) is 17.1. The van der Waals surface area contributed by atoms with Crippen molar-refractivity contribution in [2.75, 3.05) is 7.11 Å². The van der Waals surface area contributed by atoms with Gasteiger partial charge in [-0.25, -0.2) is 4.79 Å². The largest absolute Gasteiger partial charge is 0.465 e. The average molecular weight is 224 g/mol. The van der Waals surface area contributed by atoms with Gasteiger partial charge >= 0.3 is 5.97 Å². The van der Waals surface area contributed by atoms with Gasteiger partial charge in [-0.15, -0.1) is 0 Å². The molecular formula is C14H24O2. The summed E-state index contributed by atoms with van der Waals surface area (Å²) < 4.78 is 4.59. The average Bonchev–Trinajstić information content (AvgIpc) is 2.36. The van der Waals surface area contributed by atoms with Crippen LogP contribution in [0.2, 0.25) is 0 Å². The van der Waals surface area contributed by atoms with Gasteiger partial charge in [0.25, 0.3) is 0 Å². The summed E-state index contributed by atoms with van der Waals surface area (Å²) >= 11 is 0. The van der Waals surface area contributed by atoms with Gasteiger partial charge in [-0.3, -0.25) is 0 Å². The van der Waals surface area contributed by atoms with Crippen molar-refractivity contribution in [2.45, 2.75) is 41.5 Å². The molecule has 0 aromatic heterocycles. The SMILES string of the molecule is CC.CC.COC(=O)c1ccc(C)c(C)c1. The highest BCUT2D eigenvalue weighted by Gasteiger charge is 2.04. The van der Waals surface area contributed by atoms with Crippen LogP contribution in [0.3, 0.4) is 0 Å². The summed E-state index contributed by atoms with van der Waals surface area (Å²) in [5.41, 5.74) is 2.90. The smallest absolute Gasteiger partial charge is 0.337 e. The summed E-state index contributed by atoms with van der Waals surface area (Å²) in [6, 6.07) is 5.52. The standard InChI is InChI=1S/C10H12O2.2C2H6/c1-7-4-5-9(6-8(7)2)10(11)12-3;2*1-2/h4-6H,1-3H3;2*1-2H3. The van der Waals surface area contributed by atoms with Gasteiger partial charge in [0.15, 0.2) is 0 Å². The highest BCUT2D eigenvalue weighted by molar-refractivity contribution is 5.89. The molecule has 0 heterocycles. The lowest BCUT2D eigenvalue weighted by Crippen LogP contribution is -2.01. The van der Waals surface area contributed by atoms with E-state index in [1.54, 1.807) is 6.07 Å². The van der Waals surface area contributed by atoms with Crippen LogP contribution < -0.4 is 0 Å². The molecule has 0 aliphatic rings. The first-order valence-corrected chi connectivity index (χ1v) is 5.80. The Hall–Kier alpha value is -1.31. The lowest BCUT2D eigenvalue weighted by atomic mass is 10.1. The van der Waals surface area contributed by atoms with Crippen LogP contribution in [0, 0.1) is 13.8 Å². The van der Waals surface area contributed by atoms with Crippen molar-refractivity contribution in [3.63, 3.8) is 0 Å². The minimum Gasteiger partial charge on any atom is -0.465 e. The Bertz CT molecular complexity index is 304. The minimum absolute atomic E-state index is 0.280. The minimum atomic E-state index is -0.280. The second-order valence-electron chi connectivity index (χ2n) is 2.79. The first-order chi connectivity index (χ1) is 7.65. The van der Waals surface area contributed by atoms with Crippen LogP contribution in [-0.2, 0) is 4.74 Å². The van der Waals surface area contributed by atoms with E-state index in [1.807, 2.05) is 53.7 Å². The lowest BCUT2D eigenvalue weighted by molar-refractivity contribution is 0.0600. The highest BCUT2D eigenvalue weighted by Crippen LogP contribution is 2.10. The van der Waals surface area contributed by atoms with Crippen molar-refractivity contribution in [3.8, 4) is 0 Å². The Labute approximate surface area is 99.6 Å². The Morgan fingerprint density at radius 2 is 1.50 bits per heavy atom. The molecule has 0 atom stereocenters. The molecule has 2 heteroatoms. The normalized spacial score (nSPS) is 7.94. The molecule has 1 aromatic carbocycles. The van der Waals surface area contributed by atoms with Crippen molar-refractivity contribution >= 4 is 5.97 Å². The molecule has 0 aliphatic carbocycles. The Kier molecular flexibility index (Phi) is 10.9. The fourth-order valence-corrected chi connectivity index (χ4v) is 0.986. The first-order valence-electron chi connectivity index (χ1n) is 5.80. The molecule has 92 valence electrons. The van der Waals surface area contributed by atoms with E-state index < -0.39 is 0 Å². The van der Waals surface area contributed by atoms with E-state index in [0.717, 1.165) is 5.56 Å². The van der Waals surface area contributed by atoms with E-state index in [4.69, 9.17) is 0 Å². The molecule has 1 rings (SSSR count). The van der Waals surface area contributed by atoms with E-state index >= 15 is 0 Å². The van der Waals surface area contributed by atoms with E-state index in [2.05, 4.69) is 4.74 Å². The van der Waals surface area contributed by atoms with Crippen LogP contribution in [0.1, 0.15) is 49.2 Å². The van der Waals surface area contributed by atoms with Gasteiger partial charge in [0, 0.05) is 0 Å². The van der Waals surface area contributed by atoms with E-state index in [0.29, 0.717) is 5.56 Å². The highest BCUT2D eigenvalue weighted by atomic mass is 16.5. The fourth-order valence-electron chi connectivity index (χ4n) is 0.986. The molecule has 0 amide bonds. The van der Waals surface area contributed by atoms with Crippen LogP contribution in [0.15, 0.2) is 18.2 Å². The molecule has 0 saturated carbocycles. The van der Waals surface area contributed by atoms with Crippen LogP contribution in [-0.4, -0.2) is 13.1 Å². The van der Waals surface area contributed by atoms with Gasteiger partial charge in [0.05, 0.1) is 12.7 Å². The van der Waals surface area contributed by atoms with Crippen molar-refractivity contribution in [3.05, 3.63) is 34.9 Å². The Morgan fingerprint density at radius 1 is 1.00 bits per heavy atom. The van der Waals surface area contributed by atoms with Gasteiger partial charge < -0.3 is 4.74 Å². The van der Waals surface area contributed by atoms with E-state index in [9.17, 15) is 4.79 Å². The molecule has 2 nitrogen and oxygen atoms in total. The number of carbonyl (C=O) groups is 1. The second kappa shape index (κ2) is 10.2. The van der Waals surface area contributed by atoms with Crippen LogP contribution in [0.5, 0.6) is 0 Å². The Morgan fingerprint density at radius 3 is 1.88 bits per heavy atom. The zero-order chi connectivity index (χ0) is 13.1. The van der Waals surface area contributed by atoms with Crippen molar-refractivity contribution in [1.29, 1.82) is 0 Å². The summed E-state index contributed by atoms with van der Waals surface area (Å²) in [4.78, 5) is 11.1. The van der Waals surface area contributed by atoms with Gasteiger partial charge in [-0.2, -0.15) is 0 Å². The monoisotopic (exact) mass is 224 g/mol. The molecule has 0 bridgehead atoms. The van der Waals surface area contributed by atoms with Crippen molar-refractivity contribution in [2.24, 2.45) is 0 Å². The van der Waals surface area contributed by atoms with Gasteiger partial charge in [0.2, 0.25) is 0 Å². The van der Waals surface area contributed by atoms with Gasteiger partial charge in [0.1, 0.15) is 0 Å². The molecule has 0 spiro atoms. The van der Waals surface area contributed by atoms with Crippen LogP contribution in [0.4, 0.5) is 0 Å². The number of hydrogen-bond acceptors (Lipinski definition) is 2. The molecule has 0 unspecified atom stereocenters. The number of benzene rings is 1. The molecule has 0 saturated heterocycles. The molecular weight excluding hydrogens is 200 g/mol. The summed E-state index contributed by atoms with van der Waals surface area (Å²) in [6.45, 7) is 12.0. The number of aryl methyl sites for hydroxylation is 2. The summed E-state index contributed by atoms with van der Waals surface area (Å²) in [6.07, 6.45) is 0. The molecule has 1 aromatic rings. The topological polar surface area (TPSA) is 26.3 Å². The maximum atomic E-state index is 11.1. The lowest BCUT2D eigenvalue weighted by Gasteiger charge is -2.02. The maximum absolute atomic E-state index is 11.1. The summed E-state index contributed by atoms with van der Waals surface area (Å²) in [5, 5.41) is 0. The molecule has 16 heavy (non-hydrogen) atoms. The number of methoxy groups -OCH3 is 1. The summed E-state index contributed by atoms with van der Waals surface area (Å²) in [7, 11) is 1.39. The predicted molar refractivity (Wildman–Crippen MR) is 70.0 cm³/mol. The fraction of sp³-hybridized carbons (Fsp3) is 0.500. The third kappa shape index (κ3) is 5.54. The third-order valence-electron chi connectivity index (χ3n) is 1.93. The summed E-state index contributed by atoms with van der Waals surface area (Å²) in [5.74, 6) is -0.280. The van der Waals surface area contributed by atoms with Crippen LogP contribution >= 0.6 is 0 Å². The zero-order valence-electron chi connectivity index (χ0n) is 11.5. The van der Waals surface area contributed by atoms with Gasteiger partial charge in [-0.1, -0.05) is 33.8 Å². The number of carbonyl (C=O) groups excluding carboxylic acids is 1. The third-order valence-corrected chi connectivity index (χ3v) is 1.93. The molecule has 0 aliphatic heterocycles. The predicted octanol–water partition coefficient (Wildman–Crippen LogP) is 4.14. The molecule has 0 radical (unpaired) electrons. The maximum Gasteiger partial charge on any atom is 0.337 e. The van der Waals surface area contributed by atoms with Crippen molar-refractivity contribution in [1.82, 2.24) is 0 Å².